The van der Waals surface area contributed by atoms with E-state index in [4.69, 9.17) is 10.3 Å². The molecule has 3 rings (SSSR count). The molecule has 0 spiro atoms. The number of nitrogens with one attached hydrogen (secondary N) is 3. The summed E-state index contributed by atoms with van der Waals surface area (Å²) >= 11 is 0. The third-order valence-corrected chi connectivity index (χ3v) is 4.05. The van der Waals surface area contributed by atoms with Crippen LogP contribution in [-0.2, 0) is 11.3 Å². The number of fused-ring (bicyclic) bond motifs is 1. The Morgan fingerprint density at radius 3 is 2.68 bits per heavy atom. The molecule has 144 valence electrons. The molecule has 0 fully saturated rings. The van der Waals surface area contributed by atoms with E-state index in [9.17, 15) is 4.79 Å². The van der Waals surface area contributed by atoms with E-state index in [-0.39, 0.29) is 0 Å². The molecule has 0 saturated carbocycles. The van der Waals surface area contributed by atoms with Crippen LogP contribution in [0.1, 0.15) is 17.7 Å². The van der Waals surface area contributed by atoms with Gasteiger partial charge in [0.05, 0.1) is 12.3 Å². The predicted octanol–water partition coefficient (Wildman–Crippen LogP) is 4.33. The monoisotopic (exact) mass is 378 g/mol. The predicted molar refractivity (Wildman–Crippen MR) is 107 cm³/mol. The van der Waals surface area contributed by atoms with Crippen molar-refractivity contribution >= 4 is 28.6 Å². The number of anilines is 1. The number of carbonyl (C=O) groups is 1. The van der Waals surface area contributed by atoms with Gasteiger partial charge in [-0.1, -0.05) is 12.1 Å². The van der Waals surface area contributed by atoms with E-state index in [2.05, 4.69) is 25.7 Å². The first-order chi connectivity index (χ1) is 13.6. The fourth-order valence-electron chi connectivity index (χ4n) is 2.59. The molecule has 3 aromatic rings. The highest BCUT2D eigenvalue weighted by atomic mass is 16.5. The van der Waals surface area contributed by atoms with Crippen LogP contribution in [0.25, 0.3) is 11.0 Å². The second-order valence-corrected chi connectivity index (χ2v) is 6.27. The molecule has 0 aliphatic heterocycles. The van der Waals surface area contributed by atoms with Crippen molar-refractivity contribution in [3.8, 4) is 0 Å². The summed E-state index contributed by atoms with van der Waals surface area (Å²) in [6.07, 6.45) is 0.161. The standard InChI is InChI=1S/C20H22N6O2/c1-14-3-6-16-7-10-18(24-19(16)23-14)25-20(27)28-12-2-11-22-13-15-4-8-17(26-21)9-5-15/h3-10,21-22H,2,11-13H2,1H3,(H,23,24,25,27). The number of nitrogens with zero attached hydrogens (tertiary/aromatic N) is 3. The first kappa shape index (κ1) is 19.4. The normalized spacial score (nSPS) is 10.6. The van der Waals surface area contributed by atoms with Gasteiger partial charge in [-0.2, -0.15) is 5.11 Å². The number of hydrogen-bond acceptors (Lipinski definition) is 7. The topological polar surface area (TPSA) is 112 Å². The highest BCUT2D eigenvalue weighted by Gasteiger charge is 2.06. The lowest BCUT2D eigenvalue weighted by molar-refractivity contribution is 0.160. The van der Waals surface area contributed by atoms with E-state index >= 15 is 0 Å². The van der Waals surface area contributed by atoms with Crippen molar-refractivity contribution in [3.05, 3.63) is 59.8 Å². The van der Waals surface area contributed by atoms with Gasteiger partial charge in [-0.3, -0.25) is 5.32 Å². The lowest BCUT2D eigenvalue weighted by atomic mass is 10.2. The minimum absolute atomic E-state index is 0.306. The Morgan fingerprint density at radius 1 is 1.11 bits per heavy atom. The molecule has 0 aliphatic carbocycles. The van der Waals surface area contributed by atoms with Crippen LogP contribution >= 0.6 is 0 Å². The van der Waals surface area contributed by atoms with Gasteiger partial charge in [0.2, 0.25) is 0 Å². The second kappa shape index (κ2) is 9.52. The molecular formula is C20H22N6O2. The van der Waals surface area contributed by atoms with Crippen LogP contribution in [0.2, 0.25) is 0 Å². The van der Waals surface area contributed by atoms with E-state index in [0.29, 0.717) is 36.7 Å². The number of carbonyl (C=O) groups excluding carboxylic acids is 1. The van der Waals surface area contributed by atoms with Crippen molar-refractivity contribution in [1.82, 2.24) is 15.3 Å². The summed E-state index contributed by atoms with van der Waals surface area (Å²) in [5.41, 5.74) is 10.1. The molecule has 0 aliphatic rings. The molecule has 1 amide bonds. The molecule has 0 atom stereocenters. The molecule has 2 aromatic heterocycles. The van der Waals surface area contributed by atoms with Crippen molar-refractivity contribution < 1.29 is 9.53 Å². The summed E-state index contributed by atoms with van der Waals surface area (Å²) in [6, 6.07) is 14.9. The van der Waals surface area contributed by atoms with Gasteiger partial charge in [0.1, 0.15) is 5.82 Å². The third kappa shape index (κ3) is 5.55. The van der Waals surface area contributed by atoms with E-state index in [0.717, 1.165) is 23.2 Å². The number of hydrogen-bond donors (Lipinski definition) is 3. The van der Waals surface area contributed by atoms with Crippen LogP contribution in [-0.4, -0.2) is 29.2 Å². The molecule has 0 bridgehead atoms. The maximum Gasteiger partial charge on any atom is 0.412 e. The van der Waals surface area contributed by atoms with Gasteiger partial charge >= 0.3 is 6.09 Å². The lowest BCUT2D eigenvalue weighted by Crippen LogP contribution is -2.19. The van der Waals surface area contributed by atoms with Crippen LogP contribution in [0.5, 0.6) is 0 Å². The highest BCUT2D eigenvalue weighted by molar-refractivity contribution is 5.85. The zero-order chi connectivity index (χ0) is 19.8. The van der Waals surface area contributed by atoms with Gasteiger partial charge in [-0.25, -0.2) is 20.3 Å². The number of ether oxygens (including phenoxy) is 1. The lowest BCUT2D eigenvalue weighted by Gasteiger charge is -2.08. The molecule has 28 heavy (non-hydrogen) atoms. The quantitative estimate of drug-likeness (QED) is 0.399. The van der Waals surface area contributed by atoms with Gasteiger partial charge in [-0.15, -0.1) is 0 Å². The third-order valence-electron chi connectivity index (χ3n) is 4.05. The summed E-state index contributed by atoms with van der Waals surface area (Å²) < 4.78 is 5.18. The van der Waals surface area contributed by atoms with Gasteiger partial charge in [0, 0.05) is 17.6 Å². The number of pyridine rings is 2. The first-order valence-electron chi connectivity index (χ1n) is 8.99. The van der Waals surface area contributed by atoms with Crippen molar-refractivity contribution in [2.75, 3.05) is 18.5 Å². The van der Waals surface area contributed by atoms with Gasteiger partial charge in [0.15, 0.2) is 5.65 Å². The van der Waals surface area contributed by atoms with Crippen LogP contribution in [0.15, 0.2) is 53.6 Å². The van der Waals surface area contributed by atoms with Crippen LogP contribution in [0.3, 0.4) is 0 Å². The average molecular weight is 378 g/mol. The fraction of sp³-hybridized carbons (Fsp3) is 0.250. The van der Waals surface area contributed by atoms with E-state index < -0.39 is 6.09 Å². The molecule has 2 heterocycles. The summed E-state index contributed by atoms with van der Waals surface area (Å²) in [4.78, 5) is 20.6. The van der Waals surface area contributed by atoms with E-state index in [1.165, 1.54) is 0 Å². The fourth-order valence-corrected chi connectivity index (χ4v) is 2.59. The molecule has 8 heteroatoms. The van der Waals surface area contributed by atoms with Crippen molar-refractivity contribution in [2.24, 2.45) is 5.11 Å². The summed E-state index contributed by atoms with van der Waals surface area (Å²) in [5.74, 6) is 0.414. The Labute approximate surface area is 162 Å². The van der Waals surface area contributed by atoms with Crippen molar-refractivity contribution in [2.45, 2.75) is 19.9 Å². The number of amides is 1. The molecule has 0 saturated heterocycles. The number of aryl methyl sites for hydroxylation is 1. The summed E-state index contributed by atoms with van der Waals surface area (Å²) in [5, 5.41) is 10.2. The number of aromatic nitrogens is 2. The molecular weight excluding hydrogens is 356 g/mol. The maximum atomic E-state index is 11.9. The van der Waals surface area contributed by atoms with Gasteiger partial charge < -0.3 is 10.1 Å². The van der Waals surface area contributed by atoms with Crippen LogP contribution < -0.4 is 10.6 Å². The van der Waals surface area contributed by atoms with E-state index in [1.807, 2.05) is 37.3 Å². The maximum absolute atomic E-state index is 11.9. The second-order valence-electron chi connectivity index (χ2n) is 6.27. The minimum Gasteiger partial charge on any atom is -0.449 e. The molecule has 3 N–H and O–H groups in total. The van der Waals surface area contributed by atoms with Gasteiger partial charge in [0.25, 0.3) is 0 Å². The molecule has 0 radical (unpaired) electrons. The SMILES string of the molecule is Cc1ccc2ccc(NC(=O)OCCCNCc3ccc(N=N)cc3)nc2n1. The Morgan fingerprint density at radius 2 is 1.89 bits per heavy atom. The Bertz CT molecular complexity index is 959. The van der Waals surface area contributed by atoms with Crippen LogP contribution in [0.4, 0.5) is 16.3 Å². The van der Waals surface area contributed by atoms with Crippen molar-refractivity contribution in [1.29, 1.82) is 5.53 Å². The Balaban J connectivity index is 1.35. The zero-order valence-electron chi connectivity index (χ0n) is 15.6. The average Bonchev–Trinajstić information content (AvgIpc) is 2.70. The molecule has 0 unspecified atom stereocenters. The van der Waals surface area contributed by atoms with E-state index in [1.54, 1.807) is 18.2 Å². The number of benzene rings is 1. The Hall–Kier alpha value is -3.39. The number of rotatable bonds is 8. The minimum atomic E-state index is -0.533. The Kier molecular flexibility index (Phi) is 6.59. The smallest absolute Gasteiger partial charge is 0.412 e. The zero-order valence-corrected chi connectivity index (χ0v) is 15.6. The van der Waals surface area contributed by atoms with Crippen molar-refractivity contribution in [3.63, 3.8) is 0 Å². The highest BCUT2D eigenvalue weighted by Crippen LogP contribution is 2.14. The molecule has 1 aromatic carbocycles. The van der Waals surface area contributed by atoms with Crippen LogP contribution in [0, 0.1) is 12.5 Å². The van der Waals surface area contributed by atoms with Gasteiger partial charge in [-0.05, 0) is 61.9 Å². The molecule has 8 nitrogen and oxygen atoms in total. The largest absolute Gasteiger partial charge is 0.449 e. The first-order valence-corrected chi connectivity index (χ1v) is 8.99. The summed E-state index contributed by atoms with van der Waals surface area (Å²) in [7, 11) is 0. The summed E-state index contributed by atoms with van der Waals surface area (Å²) in [6.45, 7) is 3.62.